The Kier molecular flexibility index (Phi) is 10.2. The summed E-state index contributed by atoms with van der Waals surface area (Å²) in [7, 11) is 0. The lowest BCUT2D eigenvalue weighted by molar-refractivity contribution is -0.0768. The molecule has 0 bridgehead atoms. The zero-order valence-corrected chi connectivity index (χ0v) is 30.1. The van der Waals surface area contributed by atoms with Gasteiger partial charge < -0.3 is 19.3 Å². The quantitative estimate of drug-likeness (QED) is 0.293. The lowest BCUT2D eigenvalue weighted by Crippen LogP contribution is -2.62. The number of benzene rings is 2. The summed E-state index contributed by atoms with van der Waals surface area (Å²) >= 11 is 12.9. The molecule has 2 aromatic carbocycles. The molecule has 4 atom stereocenters. The summed E-state index contributed by atoms with van der Waals surface area (Å²) in [6.45, 7) is 22.0. The van der Waals surface area contributed by atoms with E-state index in [4.69, 9.17) is 32.7 Å². The van der Waals surface area contributed by atoms with Gasteiger partial charge in [0.25, 0.3) is 0 Å². The van der Waals surface area contributed by atoms with E-state index in [1.54, 1.807) is 0 Å². The molecule has 2 aliphatic heterocycles. The van der Waals surface area contributed by atoms with E-state index in [0.29, 0.717) is 10.0 Å². The Morgan fingerprint density at radius 3 is 1.41 bits per heavy atom. The summed E-state index contributed by atoms with van der Waals surface area (Å²) in [5, 5.41) is 1.39. The van der Waals surface area contributed by atoms with Crippen molar-refractivity contribution in [3.8, 4) is 0 Å². The van der Waals surface area contributed by atoms with Crippen LogP contribution >= 0.6 is 23.2 Å². The van der Waals surface area contributed by atoms with Gasteiger partial charge in [0.1, 0.15) is 12.2 Å². The lowest BCUT2D eigenvalue weighted by atomic mass is 9.76. The molecule has 44 heavy (non-hydrogen) atoms. The van der Waals surface area contributed by atoms with Gasteiger partial charge in [-0.3, -0.25) is 0 Å². The Morgan fingerprint density at radius 1 is 0.727 bits per heavy atom. The summed E-state index contributed by atoms with van der Waals surface area (Å²) < 4.78 is 13.0. The smallest absolute Gasteiger partial charge is 0.428 e. The average Bonchev–Trinajstić information content (AvgIpc) is 2.87. The van der Waals surface area contributed by atoms with Crippen molar-refractivity contribution in [3.63, 3.8) is 0 Å². The Labute approximate surface area is 276 Å². The Morgan fingerprint density at radius 2 is 1.09 bits per heavy atom. The maximum absolute atomic E-state index is 14.0. The van der Waals surface area contributed by atoms with Crippen molar-refractivity contribution in [2.45, 2.75) is 143 Å². The minimum Gasteiger partial charge on any atom is -0.428 e. The number of hydrogen-bond acceptors (Lipinski definition) is 5. The third-order valence-electron chi connectivity index (χ3n) is 9.57. The van der Waals surface area contributed by atoms with E-state index in [9.17, 15) is 4.79 Å². The van der Waals surface area contributed by atoms with Gasteiger partial charge in [-0.2, -0.15) is 0 Å². The summed E-state index contributed by atoms with van der Waals surface area (Å²) in [5.74, 6) is 0. The van der Waals surface area contributed by atoms with Crippen LogP contribution < -0.4 is 9.80 Å². The van der Waals surface area contributed by atoms with Crippen LogP contribution in [0, 0.1) is 10.8 Å². The van der Waals surface area contributed by atoms with Gasteiger partial charge in [-0.1, -0.05) is 76.9 Å². The van der Waals surface area contributed by atoms with Crippen LogP contribution in [-0.4, -0.2) is 41.5 Å². The van der Waals surface area contributed by atoms with Crippen molar-refractivity contribution >= 4 is 40.7 Å². The Bertz CT molecular complexity index is 1200. The molecule has 0 amide bonds. The first kappa shape index (κ1) is 34.8. The second kappa shape index (κ2) is 12.9. The number of halogens is 2. The highest BCUT2D eigenvalue weighted by molar-refractivity contribution is 6.31. The van der Waals surface area contributed by atoms with Crippen molar-refractivity contribution in [2.75, 3.05) is 9.80 Å². The summed E-state index contributed by atoms with van der Waals surface area (Å²) in [4.78, 5) is 18.9. The molecule has 2 fully saturated rings. The first-order valence-electron chi connectivity index (χ1n) is 16.3. The van der Waals surface area contributed by atoms with Crippen LogP contribution in [0.3, 0.4) is 0 Å². The minimum absolute atomic E-state index is 0.0329. The normalized spacial score (nSPS) is 23.5. The van der Waals surface area contributed by atoms with Crippen LogP contribution in [0.5, 0.6) is 0 Å². The Balaban J connectivity index is 1.67. The van der Waals surface area contributed by atoms with Crippen molar-refractivity contribution < 1.29 is 14.3 Å². The number of nitrogens with zero attached hydrogens (tertiary/aromatic N) is 2. The Hall–Kier alpha value is -2.11. The number of ether oxygens (including phenoxy) is 2. The molecule has 0 N–H and O–H groups in total. The molecule has 0 radical (unpaired) electrons. The molecule has 2 aliphatic rings. The first-order chi connectivity index (χ1) is 20.3. The largest absolute Gasteiger partial charge is 0.509 e. The fourth-order valence-electron chi connectivity index (χ4n) is 7.69. The zero-order chi connectivity index (χ0) is 32.7. The third-order valence-corrected chi connectivity index (χ3v) is 10.0. The number of carbonyl (C=O) groups is 1. The molecule has 0 aliphatic carbocycles. The van der Waals surface area contributed by atoms with E-state index < -0.39 is 18.4 Å². The highest BCUT2D eigenvalue weighted by atomic mass is 35.5. The molecule has 5 nitrogen and oxygen atoms in total. The van der Waals surface area contributed by atoms with Crippen LogP contribution in [0.2, 0.25) is 10.0 Å². The third kappa shape index (κ3) is 7.81. The molecule has 0 aromatic heterocycles. The molecular weight excluding hydrogens is 591 g/mol. The minimum atomic E-state index is -0.603. The van der Waals surface area contributed by atoms with Crippen LogP contribution in [-0.2, 0) is 9.47 Å². The van der Waals surface area contributed by atoms with E-state index in [0.717, 1.165) is 49.9 Å². The van der Waals surface area contributed by atoms with Crippen molar-refractivity contribution in [2.24, 2.45) is 10.8 Å². The fourth-order valence-corrected chi connectivity index (χ4v) is 8.06. The topological polar surface area (TPSA) is 42.0 Å². The molecule has 7 heteroatoms. The van der Waals surface area contributed by atoms with Gasteiger partial charge in [-0.15, -0.1) is 0 Å². The van der Waals surface area contributed by atoms with E-state index in [2.05, 4.69) is 91.2 Å². The highest BCUT2D eigenvalue weighted by Crippen LogP contribution is 2.44. The van der Waals surface area contributed by atoms with Gasteiger partial charge in [0.05, 0.1) is 12.1 Å². The van der Waals surface area contributed by atoms with E-state index in [1.807, 2.05) is 36.4 Å². The molecular formula is C37H54Cl2N2O3. The van der Waals surface area contributed by atoms with Crippen LogP contribution in [0.4, 0.5) is 16.2 Å². The molecule has 4 rings (SSSR count). The number of rotatable bonds is 6. The summed E-state index contributed by atoms with van der Waals surface area (Å²) in [6, 6.07) is 16.0. The summed E-state index contributed by atoms with van der Waals surface area (Å²) in [5.41, 5.74) is 1.17. The molecule has 0 spiro atoms. The van der Waals surface area contributed by atoms with Gasteiger partial charge in [0.15, 0.2) is 0 Å². The van der Waals surface area contributed by atoms with Gasteiger partial charge >= 0.3 is 6.16 Å². The second-order valence-electron chi connectivity index (χ2n) is 16.3. The van der Waals surface area contributed by atoms with Crippen LogP contribution in [0.1, 0.15) is 108 Å². The first-order valence-corrected chi connectivity index (χ1v) is 17.0. The molecule has 0 unspecified atom stereocenters. The predicted octanol–water partition coefficient (Wildman–Crippen LogP) is 11.0. The number of carbonyl (C=O) groups excluding carboxylic acids is 1. The number of piperidine rings is 2. The second-order valence-corrected chi connectivity index (χ2v) is 17.2. The maximum atomic E-state index is 14.0. The number of hydrogen-bond donors (Lipinski definition) is 0. The predicted molar refractivity (Wildman–Crippen MR) is 185 cm³/mol. The zero-order valence-electron chi connectivity index (χ0n) is 28.5. The molecule has 2 heterocycles. The molecule has 2 saturated heterocycles. The monoisotopic (exact) mass is 644 g/mol. The van der Waals surface area contributed by atoms with Gasteiger partial charge in [0.2, 0.25) is 0 Å². The molecule has 244 valence electrons. The molecule has 0 saturated carbocycles. The maximum Gasteiger partial charge on any atom is 0.509 e. The van der Waals surface area contributed by atoms with Crippen molar-refractivity contribution in [1.29, 1.82) is 0 Å². The summed E-state index contributed by atoms with van der Waals surface area (Å²) in [6.07, 6.45) is 4.60. The fraction of sp³-hybridized carbons (Fsp3) is 0.649. The van der Waals surface area contributed by atoms with Crippen molar-refractivity contribution in [1.82, 2.24) is 0 Å². The van der Waals surface area contributed by atoms with Gasteiger partial charge in [-0.05, 0) is 103 Å². The van der Waals surface area contributed by atoms with Crippen molar-refractivity contribution in [3.05, 3.63) is 58.6 Å². The highest BCUT2D eigenvalue weighted by Gasteiger charge is 2.49. The van der Waals surface area contributed by atoms with Gasteiger partial charge in [-0.25, -0.2) is 4.79 Å². The van der Waals surface area contributed by atoms with E-state index in [1.165, 1.54) is 0 Å². The SMILES string of the molecule is CC(C)(C)[C@@H](OC(=O)O[C@@H]([C@H]1CCCC(C)(C)N1c1cccc(Cl)c1)C(C)(C)C)[C@H]1CCCC(C)(C)N1c1cccc(Cl)c1. The molecule has 2 aromatic rings. The van der Waals surface area contributed by atoms with Crippen LogP contribution in [0.15, 0.2) is 48.5 Å². The number of anilines is 2. The van der Waals surface area contributed by atoms with E-state index in [-0.39, 0.29) is 34.0 Å². The van der Waals surface area contributed by atoms with E-state index >= 15 is 0 Å². The van der Waals surface area contributed by atoms with Gasteiger partial charge in [0, 0.05) is 43.3 Å². The average molecular weight is 646 g/mol. The lowest BCUT2D eigenvalue weighted by Gasteiger charge is -2.54. The van der Waals surface area contributed by atoms with Crippen LogP contribution in [0.25, 0.3) is 0 Å². The standard InChI is InChI=1S/C37H54Cl2N2O3/c1-34(2,3)31(29-19-13-21-36(7,8)40(29)27-17-11-15-25(38)23-27)43-33(42)44-32(35(4,5)6)30-20-14-22-37(9,10)41(30)28-18-12-16-26(39)24-28/h11-12,15-18,23-24,29-32H,13-14,19-22H2,1-10H3/t29-,30-,31+,32+/m1/s1.